The molecule has 2 N–H and O–H groups in total. The van der Waals surface area contributed by atoms with Gasteiger partial charge in [-0.2, -0.15) is 0 Å². The van der Waals surface area contributed by atoms with E-state index in [9.17, 15) is 9.59 Å². The van der Waals surface area contributed by atoms with Gasteiger partial charge in [0.15, 0.2) is 0 Å². The minimum Gasteiger partial charge on any atom is -0.352 e. The Kier molecular flexibility index (Phi) is 5.64. The van der Waals surface area contributed by atoms with Crippen molar-refractivity contribution in [1.29, 1.82) is 0 Å². The standard InChI is InChI=1S/C14H18N2O2/c1-11(2)16-14(18)10-15-13(17)9-8-12-6-4-3-5-7-12/h3-9,11H,10H2,1-2H3,(H,15,17)(H,16,18)/b9-8+. The number of hydrogen-bond acceptors (Lipinski definition) is 2. The van der Waals surface area contributed by atoms with Gasteiger partial charge < -0.3 is 10.6 Å². The summed E-state index contributed by atoms with van der Waals surface area (Å²) in [6.07, 6.45) is 3.12. The van der Waals surface area contributed by atoms with E-state index in [1.807, 2.05) is 44.2 Å². The molecular formula is C14H18N2O2. The normalized spacial score (nSPS) is 10.6. The highest BCUT2D eigenvalue weighted by Gasteiger charge is 2.03. The number of carbonyl (C=O) groups excluding carboxylic acids is 2. The maximum Gasteiger partial charge on any atom is 0.244 e. The fraction of sp³-hybridized carbons (Fsp3) is 0.286. The monoisotopic (exact) mass is 246 g/mol. The van der Waals surface area contributed by atoms with Crippen LogP contribution in [0.5, 0.6) is 0 Å². The van der Waals surface area contributed by atoms with E-state index >= 15 is 0 Å². The van der Waals surface area contributed by atoms with Crippen molar-refractivity contribution in [3.05, 3.63) is 42.0 Å². The van der Waals surface area contributed by atoms with Gasteiger partial charge in [0.2, 0.25) is 11.8 Å². The summed E-state index contributed by atoms with van der Waals surface area (Å²) in [5, 5.41) is 5.21. The van der Waals surface area contributed by atoms with E-state index < -0.39 is 0 Å². The summed E-state index contributed by atoms with van der Waals surface area (Å²) >= 11 is 0. The molecular weight excluding hydrogens is 228 g/mol. The summed E-state index contributed by atoms with van der Waals surface area (Å²) in [4.78, 5) is 22.7. The molecule has 0 heterocycles. The zero-order valence-corrected chi connectivity index (χ0v) is 10.6. The van der Waals surface area contributed by atoms with Gasteiger partial charge in [-0.05, 0) is 25.5 Å². The number of amides is 2. The number of nitrogens with one attached hydrogen (secondary N) is 2. The highest BCUT2D eigenvalue weighted by Crippen LogP contribution is 2.00. The lowest BCUT2D eigenvalue weighted by Gasteiger charge is -2.07. The molecule has 0 unspecified atom stereocenters. The second-order valence-corrected chi connectivity index (χ2v) is 4.18. The molecule has 0 fully saturated rings. The fourth-order valence-corrected chi connectivity index (χ4v) is 1.34. The Morgan fingerprint density at radius 2 is 1.89 bits per heavy atom. The van der Waals surface area contributed by atoms with Crippen LogP contribution in [-0.2, 0) is 9.59 Å². The van der Waals surface area contributed by atoms with Crippen molar-refractivity contribution in [2.24, 2.45) is 0 Å². The molecule has 4 nitrogen and oxygen atoms in total. The molecule has 0 saturated carbocycles. The van der Waals surface area contributed by atoms with E-state index in [1.54, 1.807) is 6.08 Å². The summed E-state index contributed by atoms with van der Waals surface area (Å²) in [5.74, 6) is -0.468. The summed E-state index contributed by atoms with van der Waals surface area (Å²) < 4.78 is 0. The van der Waals surface area contributed by atoms with E-state index in [0.29, 0.717) is 0 Å². The first kappa shape index (κ1) is 14.0. The van der Waals surface area contributed by atoms with Gasteiger partial charge in [0.05, 0.1) is 6.54 Å². The first-order valence-corrected chi connectivity index (χ1v) is 5.88. The van der Waals surface area contributed by atoms with Gasteiger partial charge in [-0.15, -0.1) is 0 Å². The van der Waals surface area contributed by atoms with Crippen LogP contribution in [0.25, 0.3) is 6.08 Å². The lowest BCUT2D eigenvalue weighted by atomic mass is 10.2. The van der Waals surface area contributed by atoms with Gasteiger partial charge in [0.1, 0.15) is 0 Å². The smallest absolute Gasteiger partial charge is 0.244 e. The Balaban J connectivity index is 2.34. The molecule has 0 bridgehead atoms. The molecule has 0 aliphatic rings. The molecule has 96 valence electrons. The molecule has 0 atom stereocenters. The first-order valence-electron chi connectivity index (χ1n) is 5.88. The Bertz CT molecular complexity index is 425. The van der Waals surface area contributed by atoms with Crippen LogP contribution in [0.3, 0.4) is 0 Å². The van der Waals surface area contributed by atoms with E-state index in [4.69, 9.17) is 0 Å². The Morgan fingerprint density at radius 1 is 1.22 bits per heavy atom. The van der Waals surface area contributed by atoms with E-state index in [-0.39, 0.29) is 24.4 Å². The van der Waals surface area contributed by atoms with Gasteiger partial charge in [-0.3, -0.25) is 9.59 Å². The highest BCUT2D eigenvalue weighted by atomic mass is 16.2. The largest absolute Gasteiger partial charge is 0.352 e. The third kappa shape index (κ3) is 5.84. The molecule has 0 saturated heterocycles. The van der Waals surface area contributed by atoms with Crippen LogP contribution in [0.2, 0.25) is 0 Å². The predicted octanol–water partition coefficient (Wildman–Crippen LogP) is 1.34. The average molecular weight is 246 g/mol. The van der Waals surface area contributed by atoms with Crippen LogP contribution in [0, 0.1) is 0 Å². The summed E-state index contributed by atoms with van der Waals surface area (Å²) in [5.41, 5.74) is 0.944. The van der Waals surface area contributed by atoms with Crippen molar-refractivity contribution in [2.75, 3.05) is 6.54 Å². The lowest BCUT2D eigenvalue weighted by Crippen LogP contribution is -2.39. The van der Waals surface area contributed by atoms with Crippen LogP contribution >= 0.6 is 0 Å². The number of carbonyl (C=O) groups is 2. The zero-order valence-electron chi connectivity index (χ0n) is 10.6. The van der Waals surface area contributed by atoms with E-state index in [2.05, 4.69) is 10.6 Å². The van der Waals surface area contributed by atoms with Gasteiger partial charge in [0.25, 0.3) is 0 Å². The molecule has 0 aliphatic heterocycles. The van der Waals surface area contributed by atoms with Crippen molar-refractivity contribution in [3.8, 4) is 0 Å². The van der Waals surface area contributed by atoms with E-state index in [0.717, 1.165) is 5.56 Å². The molecule has 0 radical (unpaired) electrons. The summed E-state index contributed by atoms with van der Waals surface area (Å²) in [6, 6.07) is 9.58. The molecule has 0 aliphatic carbocycles. The summed E-state index contributed by atoms with van der Waals surface area (Å²) in [6.45, 7) is 3.74. The quantitative estimate of drug-likeness (QED) is 0.770. The minimum atomic E-state index is -0.280. The summed E-state index contributed by atoms with van der Waals surface area (Å²) in [7, 11) is 0. The highest BCUT2D eigenvalue weighted by molar-refractivity contribution is 5.94. The van der Waals surface area contributed by atoms with Crippen molar-refractivity contribution in [1.82, 2.24) is 10.6 Å². The minimum absolute atomic E-state index is 0.00383. The van der Waals surface area contributed by atoms with Crippen LogP contribution in [0.4, 0.5) is 0 Å². The van der Waals surface area contributed by atoms with Gasteiger partial charge in [0, 0.05) is 12.1 Å². The lowest BCUT2D eigenvalue weighted by molar-refractivity contribution is -0.124. The third-order valence-corrected chi connectivity index (χ3v) is 2.10. The molecule has 18 heavy (non-hydrogen) atoms. The molecule has 1 aromatic rings. The SMILES string of the molecule is CC(C)NC(=O)CNC(=O)/C=C/c1ccccc1. The average Bonchev–Trinajstić information content (AvgIpc) is 2.34. The van der Waals surface area contributed by atoms with E-state index in [1.165, 1.54) is 6.08 Å². The van der Waals surface area contributed by atoms with Gasteiger partial charge in [-0.25, -0.2) is 0 Å². The van der Waals surface area contributed by atoms with Gasteiger partial charge in [-0.1, -0.05) is 30.3 Å². The molecule has 0 aromatic heterocycles. The second kappa shape index (κ2) is 7.27. The van der Waals surface area contributed by atoms with Crippen LogP contribution < -0.4 is 10.6 Å². The Morgan fingerprint density at radius 3 is 2.50 bits per heavy atom. The predicted molar refractivity (Wildman–Crippen MR) is 71.8 cm³/mol. The maximum atomic E-state index is 11.4. The van der Waals surface area contributed by atoms with Crippen molar-refractivity contribution in [2.45, 2.75) is 19.9 Å². The first-order chi connectivity index (χ1) is 8.58. The molecule has 4 heteroatoms. The second-order valence-electron chi connectivity index (χ2n) is 4.18. The number of benzene rings is 1. The van der Waals surface area contributed by atoms with Crippen molar-refractivity contribution in [3.63, 3.8) is 0 Å². The van der Waals surface area contributed by atoms with Crippen molar-refractivity contribution < 1.29 is 9.59 Å². The Hall–Kier alpha value is -2.10. The molecule has 2 amide bonds. The maximum absolute atomic E-state index is 11.4. The van der Waals surface area contributed by atoms with Crippen LogP contribution in [0.15, 0.2) is 36.4 Å². The molecule has 0 spiro atoms. The van der Waals surface area contributed by atoms with Crippen LogP contribution in [0.1, 0.15) is 19.4 Å². The zero-order chi connectivity index (χ0) is 13.4. The number of rotatable bonds is 5. The topological polar surface area (TPSA) is 58.2 Å². The molecule has 1 rings (SSSR count). The number of hydrogen-bond donors (Lipinski definition) is 2. The third-order valence-electron chi connectivity index (χ3n) is 2.10. The Labute approximate surface area is 107 Å². The van der Waals surface area contributed by atoms with Gasteiger partial charge >= 0.3 is 0 Å². The van der Waals surface area contributed by atoms with Crippen LogP contribution in [-0.4, -0.2) is 24.4 Å². The fourth-order valence-electron chi connectivity index (χ4n) is 1.34. The molecule has 1 aromatic carbocycles. The van der Waals surface area contributed by atoms with Crippen molar-refractivity contribution >= 4 is 17.9 Å².